The van der Waals surface area contributed by atoms with E-state index in [1.165, 1.54) is 12.7 Å². The molecule has 2 aliphatic rings. The Morgan fingerprint density at radius 2 is 2.14 bits per heavy atom. The first-order valence-corrected chi connectivity index (χ1v) is 7.98. The molecule has 0 bridgehead atoms. The predicted molar refractivity (Wildman–Crippen MR) is 85.0 cm³/mol. The molecule has 0 radical (unpaired) electrons. The zero-order valence-electron chi connectivity index (χ0n) is 14.0. The summed E-state index contributed by atoms with van der Waals surface area (Å²) in [7, 11) is 1.42. The molecule has 0 saturated carbocycles. The average molecular weight is 308 g/mol. The third-order valence-corrected chi connectivity index (χ3v) is 5.79. The predicted octanol–water partition coefficient (Wildman–Crippen LogP) is 2.32. The second kappa shape index (κ2) is 6.17. The quantitative estimate of drug-likeness (QED) is 0.618. The van der Waals surface area contributed by atoms with Gasteiger partial charge in [0.15, 0.2) is 0 Å². The van der Waals surface area contributed by atoms with E-state index in [9.17, 15) is 15.0 Å². The van der Waals surface area contributed by atoms with Crippen LogP contribution in [0, 0.1) is 28.6 Å². The van der Waals surface area contributed by atoms with Gasteiger partial charge in [-0.3, -0.25) is 4.79 Å². The van der Waals surface area contributed by atoms with E-state index in [-0.39, 0.29) is 36.9 Å². The van der Waals surface area contributed by atoms with Gasteiger partial charge in [-0.05, 0) is 45.4 Å². The molecule has 2 aliphatic carbocycles. The summed E-state index contributed by atoms with van der Waals surface area (Å²) in [5.74, 6) is 0.0450. The van der Waals surface area contributed by atoms with E-state index in [0.717, 1.165) is 12.8 Å². The van der Waals surface area contributed by atoms with Gasteiger partial charge in [0.2, 0.25) is 0 Å². The van der Waals surface area contributed by atoms with Crippen molar-refractivity contribution < 1.29 is 19.7 Å². The van der Waals surface area contributed by atoms with Gasteiger partial charge in [-0.25, -0.2) is 0 Å². The van der Waals surface area contributed by atoms with Crippen molar-refractivity contribution in [2.45, 2.75) is 33.6 Å². The smallest absolute Gasteiger partial charge is 0.311 e. The number of carbonyl (C=O) groups excluding carboxylic acids is 1. The largest absolute Gasteiger partial charge is 0.469 e. The summed E-state index contributed by atoms with van der Waals surface area (Å²) < 4.78 is 4.95. The second-order valence-corrected chi connectivity index (χ2v) is 7.39. The molecule has 0 aromatic heterocycles. The van der Waals surface area contributed by atoms with Crippen molar-refractivity contribution in [3.8, 4) is 0 Å². The molecule has 0 aliphatic heterocycles. The molecule has 22 heavy (non-hydrogen) atoms. The molecule has 0 fully saturated rings. The van der Waals surface area contributed by atoms with Gasteiger partial charge in [-0.15, -0.1) is 0 Å². The Morgan fingerprint density at radius 1 is 1.45 bits per heavy atom. The zero-order valence-corrected chi connectivity index (χ0v) is 14.0. The summed E-state index contributed by atoms with van der Waals surface area (Å²) in [4.78, 5) is 12.1. The van der Waals surface area contributed by atoms with Gasteiger partial charge >= 0.3 is 5.97 Å². The summed E-state index contributed by atoms with van der Waals surface area (Å²) in [6, 6.07) is 0. The van der Waals surface area contributed by atoms with Crippen LogP contribution in [0.3, 0.4) is 0 Å². The molecule has 0 heterocycles. The molecule has 0 spiro atoms. The van der Waals surface area contributed by atoms with Crippen molar-refractivity contribution in [2.24, 2.45) is 28.6 Å². The molecule has 0 saturated heterocycles. The fourth-order valence-corrected chi connectivity index (χ4v) is 4.16. The van der Waals surface area contributed by atoms with Gasteiger partial charge in [0, 0.05) is 11.3 Å². The summed E-state index contributed by atoms with van der Waals surface area (Å²) >= 11 is 0. The number of aliphatic hydroxyl groups excluding tert-OH is 2. The Labute approximate surface area is 132 Å². The monoisotopic (exact) mass is 308 g/mol. The van der Waals surface area contributed by atoms with Crippen molar-refractivity contribution in [1.82, 2.24) is 0 Å². The van der Waals surface area contributed by atoms with Crippen LogP contribution in [-0.4, -0.2) is 36.5 Å². The van der Waals surface area contributed by atoms with E-state index in [2.05, 4.69) is 13.0 Å². The number of fused-ring (bicyclic) bond motifs is 1. The normalized spacial score (nSPS) is 34.8. The number of rotatable bonds is 4. The van der Waals surface area contributed by atoms with Gasteiger partial charge < -0.3 is 14.9 Å². The van der Waals surface area contributed by atoms with Crippen molar-refractivity contribution in [3.63, 3.8) is 0 Å². The molecule has 124 valence electrons. The van der Waals surface area contributed by atoms with Gasteiger partial charge in [-0.2, -0.15) is 0 Å². The molecule has 4 heteroatoms. The lowest BCUT2D eigenvalue weighted by molar-refractivity contribution is -0.154. The lowest BCUT2D eigenvalue weighted by Gasteiger charge is -2.50. The fraction of sp³-hybridized carbons (Fsp3) is 0.722. The van der Waals surface area contributed by atoms with Crippen LogP contribution in [0.15, 0.2) is 23.8 Å². The van der Waals surface area contributed by atoms with Gasteiger partial charge in [-0.1, -0.05) is 23.8 Å². The van der Waals surface area contributed by atoms with Crippen LogP contribution in [0.5, 0.6) is 0 Å². The maximum Gasteiger partial charge on any atom is 0.311 e. The van der Waals surface area contributed by atoms with Crippen LogP contribution in [0.4, 0.5) is 0 Å². The molecule has 0 aromatic rings. The summed E-state index contributed by atoms with van der Waals surface area (Å²) in [6.07, 6.45) is 7.89. The first kappa shape index (κ1) is 17.2. The molecule has 2 N–H and O–H groups in total. The van der Waals surface area contributed by atoms with Gasteiger partial charge in [0.05, 0.1) is 25.7 Å². The number of hydrogen-bond acceptors (Lipinski definition) is 4. The van der Waals surface area contributed by atoms with Crippen LogP contribution in [0.25, 0.3) is 0 Å². The Morgan fingerprint density at radius 3 is 2.68 bits per heavy atom. The first-order chi connectivity index (χ1) is 10.3. The van der Waals surface area contributed by atoms with E-state index >= 15 is 0 Å². The third-order valence-electron chi connectivity index (χ3n) is 5.79. The summed E-state index contributed by atoms with van der Waals surface area (Å²) in [5.41, 5.74) is 0.256. The topological polar surface area (TPSA) is 66.8 Å². The molecule has 4 atom stereocenters. The van der Waals surface area contributed by atoms with Crippen molar-refractivity contribution in [3.05, 3.63) is 23.8 Å². The van der Waals surface area contributed by atoms with Crippen molar-refractivity contribution in [2.75, 3.05) is 20.3 Å². The number of hydrogen-bond donors (Lipinski definition) is 2. The SMILES string of the molecule is COC(=O)C(C)(C)[C@@H]1C=C[C@]2(CO)[C@@H](CC(C)=C[C@H]2CO)C1. The minimum absolute atomic E-state index is 0.0224. The molecule has 0 aromatic carbocycles. The highest BCUT2D eigenvalue weighted by molar-refractivity contribution is 5.76. The lowest BCUT2D eigenvalue weighted by Crippen LogP contribution is -2.48. The Balaban J connectivity index is 2.36. The number of ether oxygens (including phenoxy) is 1. The average Bonchev–Trinajstić information content (AvgIpc) is 2.52. The Kier molecular flexibility index (Phi) is 4.83. The van der Waals surface area contributed by atoms with Crippen LogP contribution in [-0.2, 0) is 9.53 Å². The molecule has 0 amide bonds. The van der Waals surface area contributed by atoms with Crippen molar-refractivity contribution >= 4 is 5.97 Å². The van der Waals surface area contributed by atoms with Gasteiger partial charge in [0.1, 0.15) is 0 Å². The molecule has 2 rings (SSSR count). The molecule has 0 unspecified atom stereocenters. The minimum atomic E-state index is -0.587. The third kappa shape index (κ3) is 2.63. The second-order valence-electron chi connectivity index (χ2n) is 7.39. The summed E-state index contributed by atoms with van der Waals surface area (Å²) in [6.45, 7) is 5.95. The standard InChI is InChI=1S/C18H28O4/c1-12-7-14-9-13(17(2,3)16(21)22-4)5-6-18(14,11-20)15(8-12)10-19/h5-6,8,13-15,19-20H,7,9-11H2,1-4H3/t13-,14+,15+,18+/m1/s1. The number of esters is 1. The van der Waals surface area contributed by atoms with E-state index < -0.39 is 10.8 Å². The first-order valence-electron chi connectivity index (χ1n) is 7.98. The van der Waals surface area contributed by atoms with E-state index in [0.29, 0.717) is 0 Å². The molecular formula is C18H28O4. The van der Waals surface area contributed by atoms with E-state index in [1.807, 2.05) is 26.0 Å². The maximum absolute atomic E-state index is 12.1. The van der Waals surface area contributed by atoms with Crippen LogP contribution in [0.2, 0.25) is 0 Å². The lowest BCUT2D eigenvalue weighted by atomic mass is 9.55. The number of allylic oxidation sites excluding steroid dienone is 2. The van der Waals surface area contributed by atoms with Crippen molar-refractivity contribution in [1.29, 1.82) is 0 Å². The fourth-order valence-electron chi connectivity index (χ4n) is 4.16. The van der Waals surface area contributed by atoms with Gasteiger partial charge in [0.25, 0.3) is 0 Å². The highest BCUT2D eigenvalue weighted by Crippen LogP contribution is 2.53. The summed E-state index contributed by atoms with van der Waals surface area (Å²) in [5, 5.41) is 19.8. The van der Waals surface area contributed by atoms with E-state index in [4.69, 9.17) is 4.74 Å². The Bertz CT molecular complexity index is 491. The highest BCUT2D eigenvalue weighted by atomic mass is 16.5. The van der Waals surface area contributed by atoms with Crippen LogP contribution < -0.4 is 0 Å². The van der Waals surface area contributed by atoms with E-state index in [1.54, 1.807) is 0 Å². The number of aliphatic hydroxyl groups is 2. The van der Waals surface area contributed by atoms with Crippen LogP contribution in [0.1, 0.15) is 33.6 Å². The number of methoxy groups -OCH3 is 1. The maximum atomic E-state index is 12.1. The Hall–Kier alpha value is -1.13. The minimum Gasteiger partial charge on any atom is -0.469 e. The van der Waals surface area contributed by atoms with Crippen LogP contribution >= 0.6 is 0 Å². The molecule has 4 nitrogen and oxygen atoms in total. The zero-order chi connectivity index (χ0) is 16.5. The number of carbonyl (C=O) groups is 1. The molecular weight excluding hydrogens is 280 g/mol. The highest BCUT2D eigenvalue weighted by Gasteiger charge is 2.50.